The van der Waals surface area contributed by atoms with Crippen LogP contribution >= 0.6 is 27.5 Å². The lowest BCUT2D eigenvalue weighted by molar-refractivity contribution is -0.137. The Bertz CT molecular complexity index is 1270. The van der Waals surface area contributed by atoms with E-state index in [1.165, 1.54) is 6.07 Å². The first-order valence-corrected chi connectivity index (χ1v) is 11.2. The lowest BCUT2D eigenvalue weighted by Crippen LogP contribution is -2.40. The summed E-state index contributed by atoms with van der Waals surface area (Å²) in [7, 11) is 0. The molecule has 4 nitrogen and oxygen atoms in total. The number of nitrogens with zero attached hydrogens (tertiary/aromatic N) is 1. The molecule has 1 unspecified atom stereocenters. The predicted octanol–water partition coefficient (Wildman–Crippen LogP) is 8.00. The lowest BCUT2D eigenvalue weighted by Gasteiger charge is -2.28. The van der Waals surface area contributed by atoms with Crippen LogP contribution in [0.25, 0.3) is 0 Å². The molecule has 0 heterocycles. The zero-order valence-corrected chi connectivity index (χ0v) is 20.4. The summed E-state index contributed by atoms with van der Waals surface area (Å²) in [6.07, 6.45) is -4.54. The Morgan fingerprint density at radius 1 is 1.03 bits per heavy atom. The zero-order valence-electron chi connectivity index (χ0n) is 18.0. The third-order valence-electron chi connectivity index (χ3n) is 4.94. The number of rotatable bonds is 7. The van der Waals surface area contributed by atoms with Crippen molar-refractivity contribution in [3.63, 3.8) is 0 Å². The molecule has 34 heavy (non-hydrogen) atoms. The molecular formula is C25H18BrClF3NO3. The second-order valence-electron chi connectivity index (χ2n) is 7.38. The van der Waals surface area contributed by atoms with Crippen molar-refractivity contribution in [3.05, 3.63) is 86.8 Å². The molecule has 176 valence electrons. The minimum absolute atomic E-state index is 0.0206. The van der Waals surface area contributed by atoms with Gasteiger partial charge in [0.05, 0.1) is 10.6 Å². The van der Waals surface area contributed by atoms with E-state index in [2.05, 4.69) is 15.9 Å². The third-order valence-corrected chi connectivity index (χ3v) is 5.73. The van der Waals surface area contributed by atoms with Gasteiger partial charge in [0.25, 0.3) is 5.60 Å². The van der Waals surface area contributed by atoms with Crippen molar-refractivity contribution < 1.29 is 27.4 Å². The second-order valence-corrected chi connectivity index (χ2v) is 8.70. The van der Waals surface area contributed by atoms with Crippen molar-refractivity contribution in [3.8, 4) is 23.3 Å². The Hall–Kier alpha value is -3.02. The summed E-state index contributed by atoms with van der Waals surface area (Å²) in [6.45, 7) is 3.39. The Kier molecular flexibility index (Phi) is 7.59. The number of hydrogen-bond acceptors (Lipinski definition) is 4. The van der Waals surface area contributed by atoms with Gasteiger partial charge in [-0.2, -0.15) is 18.4 Å². The molecule has 0 radical (unpaired) electrons. The number of aryl methyl sites for hydroxylation is 1. The molecular weight excluding hydrogens is 535 g/mol. The first kappa shape index (κ1) is 25.6. The standard InChI is InChI=1S/C25H18BrClF3NO3/c1-3-23(32)24(14-31,16-5-4-6-18(26)12-16)34-22-11-15(2)7-9-21(22)33-20-10-8-17(13-19(20)27)25(28,29)30/h4-13H,3H2,1-2H3. The lowest BCUT2D eigenvalue weighted by atomic mass is 9.89. The largest absolute Gasteiger partial charge is 0.457 e. The zero-order chi connectivity index (χ0) is 25.1. The summed E-state index contributed by atoms with van der Waals surface area (Å²) in [5, 5.41) is 9.85. The SMILES string of the molecule is CCC(=O)C(C#N)(Oc1cc(C)ccc1Oc1ccc(C(F)(F)F)cc1Cl)c1cccc(Br)c1. The highest BCUT2D eigenvalue weighted by atomic mass is 79.9. The highest BCUT2D eigenvalue weighted by Gasteiger charge is 2.43. The van der Waals surface area contributed by atoms with E-state index in [1.807, 2.05) is 6.07 Å². The van der Waals surface area contributed by atoms with Crippen molar-refractivity contribution >= 4 is 33.3 Å². The number of carbonyl (C=O) groups excluding carboxylic acids is 1. The minimum Gasteiger partial charge on any atom is -0.457 e. The van der Waals surface area contributed by atoms with Gasteiger partial charge in [-0.3, -0.25) is 4.79 Å². The van der Waals surface area contributed by atoms with E-state index < -0.39 is 23.1 Å². The Labute approximate surface area is 208 Å². The molecule has 0 saturated heterocycles. The summed E-state index contributed by atoms with van der Waals surface area (Å²) in [4.78, 5) is 13.0. The molecule has 0 N–H and O–H groups in total. The van der Waals surface area contributed by atoms with E-state index in [4.69, 9.17) is 21.1 Å². The van der Waals surface area contributed by atoms with Crippen molar-refractivity contribution in [1.29, 1.82) is 5.26 Å². The maximum atomic E-state index is 13.0. The number of alkyl halides is 3. The normalized spacial score (nSPS) is 13.0. The van der Waals surface area contributed by atoms with Crippen LogP contribution in [0.15, 0.2) is 65.1 Å². The molecule has 0 saturated carbocycles. The molecule has 3 rings (SSSR count). The highest BCUT2D eigenvalue weighted by Crippen LogP contribution is 2.41. The van der Waals surface area contributed by atoms with E-state index in [9.17, 15) is 23.2 Å². The third kappa shape index (κ3) is 5.37. The van der Waals surface area contributed by atoms with Crippen molar-refractivity contribution in [1.82, 2.24) is 0 Å². The molecule has 0 aliphatic heterocycles. The molecule has 0 bridgehead atoms. The molecule has 3 aromatic rings. The van der Waals surface area contributed by atoms with Gasteiger partial charge in [-0.05, 0) is 55.0 Å². The van der Waals surface area contributed by atoms with Gasteiger partial charge in [0.15, 0.2) is 17.3 Å². The quantitative estimate of drug-likeness (QED) is 0.298. The fourth-order valence-corrected chi connectivity index (χ4v) is 3.82. The number of ketones is 1. The summed E-state index contributed by atoms with van der Waals surface area (Å²) in [6, 6.07) is 16.1. The first-order chi connectivity index (χ1) is 16.0. The maximum Gasteiger partial charge on any atom is 0.416 e. The Morgan fingerprint density at radius 3 is 2.32 bits per heavy atom. The van der Waals surface area contributed by atoms with Crippen LogP contribution in [0.2, 0.25) is 5.02 Å². The maximum absolute atomic E-state index is 13.0. The van der Waals surface area contributed by atoms with E-state index in [0.717, 1.165) is 23.8 Å². The molecule has 0 spiro atoms. The molecule has 0 aliphatic rings. The average molecular weight is 553 g/mol. The number of ether oxygens (including phenoxy) is 2. The topological polar surface area (TPSA) is 59.3 Å². The van der Waals surface area contributed by atoms with Crippen LogP contribution in [-0.2, 0) is 16.6 Å². The number of Topliss-reactive ketones (excluding diaryl/α,β-unsaturated/α-hetero) is 1. The van der Waals surface area contributed by atoms with Gasteiger partial charge in [0.1, 0.15) is 11.8 Å². The van der Waals surface area contributed by atoms with E-state index in [0.29, 0.717) is 10.0 Å². The van der Waals surface area contributed by atoms with Gasteiger partial charge in [0.2, 0.25) is 0 Å². The average Bonchev–Trinajstić information content (AvgIpc) is 2.79. The number of benzene rings is 3. The summed E-state index contributed by atoms with van der Waals surface area (Å²) < 4.78 is 51.4. The van der Waals surface area contributed by atoms with Gasteiger partial charge in [-0.15, -0.1) is 0 Å². The molecule has 0 aromatic heterocycles. The Morgan fingerprint density at radius 2 is 1.74 bits per heavy atom. The van der Waals surface area contributed by atoms with Gasteiger partial charge in [-0.1, -0.05) is 52.7 Å². The summed E-state index contributed by atoms with van der Waals surface area (Å²) in [5.74, 6) is -0.395. The first-order valence-electron chi connectivity index (χ1n) is 10.0. The van der Waals surface area contributed by atoms with Gasteiger partial charge >= 0.3 is 6.18 Å². The highest BCUT2D eigenvalue weighted by molar-refractivity contribution is 9.10. The molecule has 0 fully saturated rings. The fourth-order valence-electron chi connectivity index (χ4n) is 3.21. The number of nitriles is 1. The van der Waals surface area contributed by atoms with Crippen LogP contribution in [0.3, 0.4) is 0 Å². The van der Waals surface area contributed by atoms with E-state index >= 15 is 0 Å². The Balaban J connectivity index is 2.08. The van der Waals surface area contributed by atoms with Crippen LogP contribution in [0.4, 0.5) is 13.2 Å². The van der Waals surface area contributed by atoms with E-state index in [-0.39, 0.29) is 28.7 Å². The number of carbonyl (C=O) groups is 1. The fraction of sp³-hybridized carbons (Fsp3) is 0.200. The van der Waals surface area contributed by atoms with Gasteiger partial charge in [0, 0.05) is 16.5 Å². The van der Waals surface area contributed by atoms with Crippen LogP contribution in [-0.4, -0.2) is 5.78 Å². The van der Waals surface area contributed by atoms with Crippen LogP contribution < -0.4 is 9.47 Å². The number of halogens is 5. The van der Waals surface area contributed by atoms with Gasteiger partial charge in [-0.25, -0.2) is 0 Å². The minimum atomic E-state index is -4.56. The monoisotopic (exact) mass is 551 g/mol. The predicted molar refractivity (Wildman–Crippen MR) is 125 cm³/mol. The molecule has 0 amide bonds. The van der Waals surface area contributed by atoms with Crippen LogP contribution in [0.1, 0.15) is 30.0 Å². The van der Waals surface area contributed by atoms with E-state index in [1.54, 1.807) is 50.2 Å². The summed E-state index contributed by atoms with van der Waals surface area (Å²) >= 11 is 9.38. The smallest absolute Gasteiger partial charge is 0.416 e. The molecule has 9 heteroatoms. The van der Waals surface area contributed by atoms with Crippen molar-refractivity contribution in [2.24, 2.45) is 0 Å². The van der Waals surface area contributed by atoms with Gasteiger partial charge < -0.3 is 9.47 Å². The van der Waals surface area contributed by atoms with Crippen LogP contribution in [0.5, 0.6) is 17.2 Å². The molecule has 3 aromatic carbocycles. The number of hydrogen-bond donors (Lipinski definition) is 0. The second kappa shape index (κ2) is 10.1. The van der Waals surface area contributed by atoms with Crippen molar-refractivity contribution in [2.75, 3.05) is 0 Å². The molecule has 0 aliphatic carbocycles. The summed E-state index contributed by atoms with van der Waals surface area (Å²) in [5.41, 5.74) is -1.84. The molecule has 1 atom stereocenters. The van der Waals surface area contributed by atoms with Crippen LogP contribution in [0, 0.1) is 18.3 Å². The van der Waals surface area contributed by atoms with Crippen molar-refractivity contribution in [2.45, 2.75) is 32.0 Å².